The third kappa shape index (κ3) is 3.84. The van der Waals surface area contributed by atoms with Crippen LogP contribution in [0.5, 0.6) is 11.5 Å². The molecule has 0 bridgehead atoms. The van der Waals surface area contributed by atoms with Gasteiger partial charge in [0.25, 0.3) is 5.91 Å². The number of carbonyl (C=O) groups excluding carboxylic acids is 1. The molecule has 1 amide bonds. The van der Waals surface area contributed by atoms with Gasteiger partial charge >= 0.3 is 5.97 Å². The minimum Gasteiger partial charge on any atom is -0.496 e. The molecule has 0 fully saturated rings. The van der Waals surface area contributed by atoms with Gasteiger partial charge in [0.2, 0.25) is 0 Å². The van der Waals surface area contributed by atoms with E-state index in [-0.39, 0.29) is 0 Å². The lowest BCUT2D eigenvalue weighted by molar-refractivity contribution is -0.139. The fourth-order valence-electron chi connectivity index (χ4n) is 2.69. The minimum absolute atomic E-state index is 0.341. The number of nitrogens with zero attached hydrogens (tertiary/aromatic N) is 1. The highest BCUT2D eigenvalue weighted by Gasteiger charge is 2.24. The van der Waals surface area contributed by atoms with Crippen molar-refractivity contribution < 1.29 is 24.2 Å². The highest BCUT2D eigenvalue weighted by Crippen LogP contribution is 2.35. The van der Waals surface area contributed by atoms with Gasteiger partial charge in [-0.25, -0.2) is 4.79 Å². The van der Waals surface area contributed by atoms with E-state index in [2.05, 4.69) is 5.32 Å². The van der Waals surface area contributed by atoms with E-state index >= 15 is 0 Å². The Morgan fingerprint density at radius 3 is 2.48 bits per heavy atom. The van der Waals surface area contributed by atoms with Crippen molar-refractivity contribution in [1.29, 1.82) is 0 Å². The Bertz CT molecular complexity index is 787. The SMILES string of the molecule is COc1ccc(OC)c2c1cc(C(=O)N[C@@H](CCSC)C(=O)O)n2C. The van der Waals surface area contributed by atoms with Gasteiger partial charge in [0.1, 0.15) is 23.2 Å². The number of ether oxygens (including phenoxy) is 2. The second kappa shape index (κ2) is 8.15. The molecule has 0 aliphatic rings. The monoisotopic (exact) mass is 366 g/mol. The molecule has 7 nitrogen and oxygen atoms in total. The zero-order valence-electron chi connectivity index (χ0n) is 14.7. The van der Waals surface area contributed by atoms with Crippen LogP contribution in [0.4, 0.5) is 0 Å². The van der Waals surface area contributed by atoms with Gasteiger partial charge in [-0.1, -0.05) is 0 Å². The van der Waals surface area contributed by atoms with Crippen LogP contribution in [0.25, 0.3) is 10.9 Å². The Balaban J connectivity index is 2.41. The average molecular weight is 366 g/mol. The predicted octanol–water partition coefficient (Wildman–Crippen LogP) is 2.13. The zero-order valence-corrected chi connectivity index (χ0v) is 15.5. The first-order valence-electron chi connectivity index (χ1n) is 7.67. The molecular formula is C17H22N2O5S. The molecule has 0 unspecified atom stereocenters. The smallest absolute Gasteiger partial charge is 0.326 e. The molecular weight excluding hydrogens is 344 g/mol. The number of carboxylic acids is 1. The number of aliphatic carboxylic acids is 1. The molecule has 0 saturated heterocycles. The first-order valence-corrected chi connectivity index (χ1v) is 9.07. The quantitative estimate of drug-likeness (QED) is 0.744. The van der Waals surface area contributed by atoms with E-state index in [0.29, 0.717) is 34.9 Å². The Kier molecular flexibility index (Phi) is 6.19. The Hall–Kier alpha value is -2.35. The van der Waals surface area contributed by atoms with Crippen LogP contribution in [0, 0.1) is 0 Å². The van der Waals surface area contributed by atoms with E-state index in [4.69, 9.17) is 9.47 Å². The van der Waals surface area contributed by atoms with Gasteiger partial charge in [-0.3, -0.25) is 4.79 Å². The fourth-order valence-corrected chi connectivity index (χ4v) is 3.17. The predicted molar refractivity (Wildman–Crippen MR) is 97.9 cm³/mol. The molecule has 2 aromatic rings. The number of benzene rings is 1. The summed E-state index contributed by atoms with van der Waals surface area (Å²) in [6, 6.07) is 4.28. The molecule has 1 heterocycles. The summed E-state index contributed by atoms with van der Waals surface area (Å²) in [4.78, 5) is 24.0. The molecule has 2 N–H and O–H groups in total. The zero-order chi connectivity index (χ0) is 18.6. The van der Waals surface area contributed by atoms with Gasteiger partial charge in [-0.15, -0.1) is 0 Å². The second-order valence-corrected chi connectivity index (χ2v) is 6.45. The van der Waals surface area contributed by atoms with Gasteiger partial charge in [-0.2, -0.15) is 11.8 Å². The molecule has 8 heteroatoms. The molecule has 2 rings (SSSR count). The molecule has 25 heavy (non-hydrogen) atoms. The van der Waals surface area contributed by atoms with Crippen molar-refractivity contribution in [1.82, 2.24) is 9.88 Å². The van der Waals surface area contributed by atoms with E-state index in [1.807, 2.05) is 6.26 Å². The van der Waals surface area contributed by atoms with Crippen LogP contribution in [0.15, 0.2) is 18.2 Å². The number of aryl methyl sites for hydroxylation is 1. The molecule has 0 aliphatic carbocycles. The van der Waals surface area contributed by atoms with Crippen LogP contribution >= 0.6 is 11.8 Å². The standard InChI is InChI=1S/C17H22N2O5S/c1-19-12(16(20)18-11(17(21)22)7-8-25-4)9-10-13(23-2)5-6-14(24-3)15(10)19/h5-6,9,11H,7-8H2,1-4H3,(H,18,20)(H,21,22)/t11-/m0/s1. The topological polar surface area (TPSA) is 89.8 Å². The number of thioether (sulfide) groups is 1. The van der Waals surface area contributed by atoms with Crippen LogP contribution in [-0.2, 0) is 11.8 Å². The van der Waals surface area contributed by atoms with Crippen LogP contribution in [0.3, 0.4) is 0 Å². The molecule has 1 atom stereocenters. The lowest BCUT2D eigenvalue weighted by Crippen LogP contribution is -2.41. The fraction of sp³-hybridized carbons (Fsp3) is 0.412. The van der Waals surface area contributed by atoms with Gasteiger partial charge in [0.05, 0.1) is 19.7 Å². The average Bonchev–Trinajstić information content (AvgIpc) is 2.95. The van der Waals surface area contributed by atoms with Crippen molar-refractivity contribution in [2.45, 2.75) is 12.5 Å². The number of fused-ring (bicyclic) bond motifs is 1. The van der Waals surface area contributed by atoms with Gasteiger partial charge < -0.3 is 24.5 Å². The molecule has 136 valence electrons. The van der Waals surface area contributed by atoms with Crippen LogP contribution in [-0.4, -0.2) is 53.8 Å². The summed E-state index contributed by atoms with van der Waals surface area (Å²) in [6.07, 6.45) is 2.25. The molecule has 1 aromatic carbocycles. The number of carbonyl (C=O) groups is 2. The summed E-state index contributed by atoms with van der Waals surface area (Å²) >= 11 is 1.53. The van der Waals surface area contributed by atoms with Crippen molar-refractivity contribution in [3.8, 4) is 11.5 Å². The summed E-state index contributed by atoms with van der Waals surface area (Å²) in [5.41, 5.74) is 1.05. The number of rotatable bonds is 8. The highest BCUT2D eigenvalue weighted by molar-refractivity contribution is 7.98. The molecule has 0 spiro atoms. The lowest BCUT2D eigenvalue weighted by Gasteiger charge is -2.14. The second-order valence-electron chi connectivity index (χ2n) is 5.47. The summed E-state index contributed by atoms with van der Waals surface area (Å²) in [5.74, 6) is 0.373. The Morgan fingerprint density at radius 1 is 1.28 bits per heavy atom. The Labute approximate surface area is 150 Å². The molecule has 0 saturated carbocycles. The maximum absolute atomic E-state index is 12.6. The molecule has 1 aromatic heterocycles. The first kappa shape index (κ1) is 19.0. The lowest BCUT2D eigenvalue weighted by atomic mass is 10.2. The third-order valence-electron chi connectivity index (χ3n) is 4.00. The van der Waals surface area contributed by atoms with E-state index in [9.17, 15) is 14.7 Å². The van der Waals surface area contributed by atoms with E-state index in [1.54, 1.807) is 44.0 Å². The van der Waals surface area contributed by atoms with Gasteiger partial charge in [0.15, 0.2) is 0 Å². The summed E-state index contributed by atoms with van der Waals surface area (Å²) in [6.45, 7) is 0. The number of amides is 1. The van der Waals surface area contributed by atoms with Crippen molar-refractivity contribution in [2.75, 3.05) is 26.2 Å². The normalized spacial score (nSPS) is 12.0. The third-order valence-corrected chi connectivity index (χ3v) is 4.65. The van der Waals surface area contributed by atoms with Gasteiger partial charge in [0, 0.05) is 12.4 Å². The largest absolute Gasteiger partial charge is 0.496 e. The van der Waals surface area contributed by atoms with Gasteiger partial charge in [-0.05, 0) is 36.6 Å². The highest BCUT2D eigenvalue weighted by atomic mass is 32.2. The molecule has 0 radical (unpaired) electrons. The van der Waals surface area contributed by atoms with E-state index < -0.39 is 17.9 Å². The molecule has 0 aliphatic heterocycles. The van der Waals surface area contributed by atoms with Crippen molar-refractivity contribution in [3.63, 3.8) is 0 Å². The van der Waals surface area contributed by atoms with Crippen molar-refractivity contribution >= 4 is 34.5 Å². The summed E-state index contributed by atoms with van der Waals surface area (Å²) < 4.78 is 12.4. The number of hydrogen-bond donors (Lipinski definition) is 2. The van der Waals surface area contributed by atoms with E-state index in [0.717, 1.165) is 5.39 Å². The van der Waals surface area contributed by atoms with Crippen molar-refractivity contribution in [2.24, 2.45) is 7.05 Å². The van der Waals surface area contributed by atoms with Crippen molar-refractivity contribution in [3.05, 3.63) is 23.9 Å². The van der Waals surface area contributed by atoms with Crippen LogP contribution in [0.1, 0.15) is 16.9 Å². The Morgan fingerprint density at radius 2 is 1.92 bits per heavy atom. The number of carboxylic acid groups (broad SMARTS) is 1. The maximum Gasteiger partial charge on any atom is 0.326 e. The summed E-state index contributed by atoms with van der Waals surface area (Å²) in [5, 5.41) is 12.6. The number of nitrogens with one attached hydrogen (secondary N) is 1. The minimum atomic E-state index is -1.05. The van der Waals surface area contributed by atoms with E-state index in [1.165, 1.54) is 11.8 Å². The first-order chi connectivity index (χ1) is 11.9. The number of hydrogen-bond acceptors (Lipinski definition) is 5. The van der Waals surface area contributed by atoms with Crippen LogP contribution in [0.2, 0.25) is 0 Å². The summed E-state index contributed by atoms with van der Waals surface area (Å²) in [7, 11) is 4.84. The van der Waals surface area contributed by atoms with Crippen LogP contribution < -0.4 is 14.8 Å². The maximum atomic E-state index is 12.6. The number of methoxy groups -OCH3 is 2. The number of aromatic nitrogens is 1.